The van der Waals surface area contributed by atoms with Crippen molar-refractivity contribution in [1.29, 1.82) is 0 Å². The Morgan fingerprint density at radius 3 is 2.52 bits per heavy atom. The van der Waals surface area contributed by atoms with Gasteiger partial charge >= 0.3 is 6.03 Å². The molecule has 4 rings (SSSR count). The second kappa shape index (κ2) is 8.83. The van der Waals surface area contributed by atoms with E-state index in [1.807, 2.05) is 68.4 Å². The summed E-state index contributed by atoms with van der Waals surface area (Å²) in [5.41, 5.74) is 7.63. The molecule has 0 aliphatic carbocycles. The number of carbonyl (C=O) groups excluding carboxylic acids is 1. The monoisotopic (exact) mass is 414 g/mol. The van der Waals surface area contributed by atoms with Crippen molar-refractivity contribution in [2.75, 3.05) is 5.32 Å². The Balaban J connectivity index is 1.58. The molecule has 3 aromatic carbocycles. The van der Waals surface area contributed by atoms with Crippen molar-refractivity contribution in [3.8, 4) is 0 Å². The van der Waals surface area contributed by atoms with Gasteiger partial charge in [0.15, 0.2) is 0 Å². The summed E-state index contributed by atoms with van der Waals surface area (Å²) in [5, 5.41) is 7.91. The number of fused-ring (bicyclic) bond motifs is 1. The lowest BCUT2D eigenvalue weighted by Gasteiger charge is -2.09. The zero-order valence-corrected chi connectivity index (χ0v) is 17.4. The topological polar surface area (TPSA) is 58.4 Å². The van der Waals surface area contributed by atoms with E-state index in [-0.39, 0.29) is 5.82 Å². The van der Waals surface area contributed by atoms with Crippen LogP contribution in [0.15, 0.2) is 77.9 Å². The molecule has 0 spiro atoms. The number of carbonyl (C=O) groups is 1. The van der Waals surface area contributed by atoms with E-state index in [1.54, 1.807) is 18.3 Å². The Morgan fingerprint density at radius 2 is 1.71 bits per heavy atom. The second-order valence-corrected chi connectivity index (χ2v) is 7.33. The Bertz CT molecular complexity index is 1280. The van der Waals surface area contributed by atoms with Crippen LogP contribution in [0.2, 0.25) is 0 Å². The highest BCUT2D eigenvalue weighted by molar-refractivity contribution is 6.01. The normalized spacial score (nSPS) is 11.2. The summed E-state index contributed by atoms with van der Waals surface area (Å²) in [6.07, 6.45) is 1.63. The molecule has 0 aliphatic heterocycles. The molecule has 6 heteroatoms. The number of hydrazone groups is 1. The first-order valence-electron chi connectivity index (χ1n) is 10.0. The summed E-state index contributed by atoms with van der Waals surface area (Å²) in [6, 6.07) is 21.8. The summed E-state index contributed by atoms with van der Waals surface area (Å²) in [4.78, 5) is 12.2. The minimum atomic E-state index is -0.418. The molecule has 4 aromatic rings. The van der Waals surface area contributed by atoms with Crippen LogP contribution < -0.4 is 10.7 Å². The molecule has 156 valence electrons. The van der Waals surface area contributed by atoms with E-state index in [2.05, 4.69) is 20.4 Å². The van der Waals surface area contributed by atoms with Crippen molar-refractivity contribution in [3.63, 3.8) is 0 Å². The van der Waals surface area contributed by atoms with Crippen LogP contribution in [-0.4, -0.2) is 16.8 Å². The van der Waals surface area contributed by atoms with E-state index in [9.17, 15) is 9.18 Å². The highest BCUT2D eigenvalue weighted by atomic mass is 19.1. The summed E-state index contributed by atoms with van der Waals surface area (Å²) in [6.45, 7) is 4.30. The second-order valence-electron chi connectivity index (χ2n) is 7.33. The SMILES string of the molecule is Cc1ccccc1NC(=O)NN=Cc1c(C)n(Cc2ccccc2F)c2ccccc12. The van der Waals surface area contributed by atoms with Crippen molar-refractivity contribution in [3.05, 3.63) is 101 Å². The number of nitrogens with one attached hydrogen (secondary N) is 2. The quantitative estimate of drug-likeness (QED) is 0.324. The fourth-order valence-electron chi connectivity index (χ4n) is 3.64. The van der Waals surface area contributed by atoms with Crippen LogP contribution in [0.4, 0.5) is 14.9 Å². The highest BCUT2D eigenvalue weighted by Crippen LogP contribution is 2.26. The smallest absolute Gasteiger partial charge is 0.339 e. The number of anilines is 1. The molecule has 1 heterocycles. The number of hydrogen-bond donors (Lipinski definition) is 2. The van der Waals surface area contributed by atoms with Gasteiger partial charge in [-0.2, -0.15) is 5.10 Å². The maximum Gasteiger partial charge on any atom is 0.339 e. The third-order valence-corrected chi connectivity index (χ3v) is 5.32. The number of aromatic nitrogens is 1. The predicted molar refractivity (Wildman–Crippen MR) is 123 cm³/mol. The molecular formula is C25H23FN4O. The fraction of sp³-hybridized carbons (Fsp3) is 0.120. The molecule has 2 N–H and O–H groups in total. The maximum atomic E-state index is 14.2. The third-order valence-electron chi connectivity index (χ3n) is 5.32. The lowest BCUT2D eigenvalue weighted by atomic mass is 10.1. The lowest BCUT2D eigenvalue weighted by molar-refractivity contribution is 0.252. The number of nitrogens with zero attached hydrogens (tertiary/aromatic N) is 2. The highest BCUT2D eigenvalue weighted by Gasteiger charge is 2.14. The van der Waals surface area contributed by atoms with Gasteiger partial charge in [0.05, 0.1) is 12.8 Å². The fourth-order valence-corrected chi connectivity index (χ4v) is 3.64. The first-order valence-corrected chi connectivity index (χ1v) is 10.0. The average Bonchev–Trinajstić information content (AvgIpc) is 3.03. The van der Waals surface area contributed by atoms with Crippen molar-refractivity contribution in [1.82, 2.24) is 9.99 Å². The van der Waals surface area contributed by atoms with Crippen molar-refractivity contribution in [2.24, 2.45) is 5.10 Å². The number of urea groups is 1. The minimum Gasteiger partial charge on any atom is -0.340 e. The van der Waals surface area contributed by atoms with E-state index in [1.165, 1.54) is 6.07 Å². The number of benzene rings is 3. The predicted octanol–water partition coefficient (Wildman–Crippen LogP) is 5.60. The minimum absolute atomic E-state index is 0.232. The van der Waals surface area contributed by atoms with Gasteiger partial charge in [0.2, 0.25) is 0 Å². The maximum absolute atomic E-state index is 14.2. The van der Waals surface area contributed by atoms with Gasteiger partial charge < -0.3 is 9.88 Å². The molecule has 0 fully saturated rings. The molecule has 0 atom stereocenters. The Kier molecular flexibility index (Phi) is 5.80. The van der Waals surface area contributed by atoms with E-state index in [0.717, 1.165) is 33.4 Å². The molecular weight excluding hydrogens is 391 g/mol. The molecule has 1 aromatic heterocycles. The Labute approximate surface area is 180 Å². The number of aryl methyl sites for hydroxylation is 1. The molecule has 0 bridgehead atoms. The van der Waals surface area contributed by atoms with Gasteiger partial charge in [-0.25, -0.2) is 14.6 Å². The number of para-hydroxylation sites is 2. The Morgan fingerprint density at radius 1 is 1.00 bits per heavy atom. The lowest BCUT2D eigenvalue weighted by Crippen LogP contribution is -2.24. The molecule has 0 radical (unpaired) electrons. The van der Waals surface area contributed by atoms with Crippen molar-refractivity contribution in [2.45, 2.75) is 20.4 Å². The summed E-state index contributed by atoms with van der Waals surface area (Å²) in [5.74, 6) is -0.232. The zero-order valence-electron chi connectivity index (χ0n) is 17.4. The standard InChI is InChI=1S/C25H23FN4O/c1-17-9-3-7-13-23(17)28-25(31)29-27-15-21-18(2)30(24-14-8-5-11-20(21)24)16-19-10-4-6-12-22(19)26/h3-15H,16H2,1-2H3,(H2,28,29,31). The van der Waals surface area contributed by atoms with Crippen LogP contribution in [0.5, 0.6) is 0 Å². The van der Waals surface area contributed by atoms with Gasteiger partial charge in [-0.15, -0.1) is 0 Å². The van der Waals surface area contributed by atoms with Crippen LogP contribution in [-0.2, 0) is 6.54 Å². The summed E-state index contributed by atoms with van der Waals surface area (Å²) in [7, 11) is 0. The zero-order chi connectivity index (χ0) is 21.8. The number of halogens is 1. The molecule has 0 saturated carbocycles. The molecule has 5 nitrogen and oxygen atoms in total. The molecule has 0 saturated heterocycles. The van der Waals surface area contributed by atoms with Gasteiger partial charge in [-0.1, -0.05) is 54.6 Å². The van der Waals surface area contributed by atoms with Gasteiger partial charge in [0, 0.05) is 33.4 Å². The van der Waals surface area contributed by atoms with E-state index in [4.69, 9.17) is 0 Å². The van der Waals surface area contributed by atoms with Gasteiger partial charge in [-0.05, 0) is 37.6 Å². The third kappa shape index (κ3) is 4.33. The van der Waals surface area contributed by atoms with Crippen LogP contribution in [0.1, 0.15) is 22.4 Å². The van der Waals surface area contributed by atoms with E-state index in [0.29, 0.717) is 12.1 Å². The van der Waals surface area contributed by atoms with Crippen LogP contribution in [0.3, 0.4) is 0 Å². The van der Waals surface area contributed by atoms with Gasteiger partial charge in [0.1, 0.15) is 5.82 Å². The first-order chi connectivity index (χ1) is 15.0. The van der Waals surface area contributed by atoms with Crippen molar-refractivity contribution >= 4 is 28.8 Å². The van der Waals surface area contributed by atoms with Gasteiger partial charge in [0.25, 0.3) is 0 Å². The Hall–Kier alpha value is -3.93. The molecule has 31 heavy (non-hydrogen) atoms. The van der Waals surface area contributed by atoms with E-state index >= 15 is 0 Å². The number of amides is 2. The van der Waals surface area contributed by atoms with Crippen molar-refractivity contribution < 1.29 is 9.18 Å². The number of hydrogen-bond acceptors (Lipinski definition) is 2. The number of rotatable bonds is 5. The largest absolute Gasteiger partial charge is 0.340 e. The van der Waals surface area contributed by atoms with Crippen LogP contribution >= 0.6 is 0 Å². The first kappa shape index (κ1) is 20.3. The molecule has 2 amide bonds. The van der Waals surface area contributed by atoms with Crippen LogP contribution in [0.25, 0.3) is 10.9 Å². The average molecular weight is 414 g/mol. The van der Waals surface area contributed by atoms with E-state index < -0.39 is 6.03 Å². The molecule has 0 aliphatic rings. The summed E-state index contributed by atoms with van der Waals surface area (Å²) >= 11 is 0. The van der Waals surface area contributed by atoms with Crippen LogP contribution in [0, 0.1) is 19.7 Å². The summed E-state index contributed by atoms with van der Waals surface area (Å²) < 4.78 is 16.3. The van der Waals surface area contributed by atoms with Gasteiger partial charge in [-0.3, -0.25) is 0 Å². The molecule has 0 unspecified atom stereocenters.